The molecule has 46 heavy (non-hydrogen) atoms. The fourth-order valence-corrected chi connectivity index (χ4v) is 6.69. The van der Waals surface area contributed by atoms with E-state index in [0.717, 1.165) is 26.6 Å². The van der Waals surface area contributed by atoms with Crippen molar-refractivity contribution in [3.05, 3.63) is 131 Å². The Balaban J connectivity index is 1.83. The third kappa shape index (κ3) is 8.85. The molecule has 0 heterocycles. The predicted molar refractivity (Wildman–Crippen MR) is 185 cm³/mol. The van der Waals surface area contributed by atoms with E-state index in [4.69, 9.17) is 0 Å². The molecule has 242 valence electrons. The van der Waals surface area contributed by atoms with Crippen LogP contribution in [-0.4, -0.2) is 43.3 Å². The molecule has 1 N–H and O–H groups in total. The van der Waals surface area contributed by atoms with Gasteiger partial charge in [-0.05, 0) is 80.1 Å². The van der Waals surface area contributed by atoms with Crippen LogP contribution in [0.1, 0.15) is 62.8 Å². The Morgan fingerprint density at radius 1 is 0.783 bits per heavy atom. The first-order valence-electron chi connectivity index (χ1n) is 15.6. The highest BCUT2D eigenvalue weighted by molar-refractivity contribution is 7.92. The minimum Gasteiger partial charge on any atom is -0.350 e. The zero-order valence-corrected chi connectivity index (χ0v) is 28.4. The van der Waals surface area contributed by atoms with Crippen LogP contribution in [0.15, 0.2) is 114 Å². The van der Waals surface area contributed by atoms with Gasteiger partial charge in [-0.25, -0.2) is 8.42 Å². The molecular weight excluding hydrogens is 595 g/mol. The van der Waals surface area contributed by atoms with Crippen LogP contribution in [0.2, 0.25) is 0 Å². The van der Waals surface area contributed by atoms with Gasteiger partial charge in [0.15, 0.2) is 0 Å². The quantitative estimate of drug-likeness (QED) is 0.183. The van der Waals surface area contributed by atoms with Crippen molar-refractivity contribution in [2.75, 3.05) is 10.8 Å². The van der Waals surface area contributed by atoms with Gasteiger partial charge in [-0.2, -0.15) is 0 Å². The lowest BCUT2D eigenvalue weighted by Gasteiger charge is -2.35. The molecular formula is C38H45N3O4S. The summed E-state index contributed by atoms with van der Waals surface area (Å²) >= 11 is 0. The van der Waals surface area contributed by atoms with Gasteiger partial charge in [0.1, 0.15) is 12.6 Å². The third-order valence-corrected chi connectivity index (χ3v) is 9.62. The molecule has 0 radical (unpaired) electrons. The molecule has 8 heteroatoms. The number of rotatable bonds is 12. The molecule has 4 rings (SSSR count). The highest BCUT2D eigenvalue weighted by Crippen LogP contribution is 2.27. The normalized spacial score (nSPS) is 12.4. The topological polar surface area (TPSA) is 86.8 Å². The van der Waals surface area contributed by atoms with Crippen LogP contribution in [-0.2, 0) is 32.6 Å². The van der Waals surface area contributed by atoms with Crippen LogP contribution in [0.25, 0.3) is 0 Å². The summed E-state index contributed by atoms with van der Waals surface area (Å²) < 4.78 is 29.5. The molecule has 0 spiro atoms. The summed E-state index contributed by atoms with van der Waals surface area (Å²) in [6.07, 6.45) is 0.259. The molecule has 0 fully saturated rings. The molecule has 0 aliphatic carbocycles. The molecule has 0 unspecified atom stereocenters. The molecule has 1 atom stereocenters. The van der Waals surface area contributed by atoms with E-state index in [1.165, 1.54) is 17.0 Å². The second-order valence-corrected chi connectivity index (χ2v) is 14.8. The van der Waals surface area contributed by atoms with E-state index < -0.39 is 34.1 Å². The number of aryl methyl sites for hydroxylation is 1. The van der Waals surface area contributed by atoms with Gasteiger partial charge in [0.2, 0.25) is 11.8 Å². The fourth-order valence-electron chi connectivity index (χ4n) is 5.25. The summed E-state index contributed by atoms with van der Waals surface area (Å²) in [5, 5.41) is 3.07. The Morgan fingerprint density at radius 3 is 1.91 bits per heavy atom. The fraction of sp³-hybridized carbons (Fsp3) is 0.316. The van der Waals surface area contributed by atoms with Crippen LogP contribution in [0.4, 0.5) is 5.69 Å². The van der Waals surface area contributed by atoms with Crippen molar-refractivity contribution in [2.45, 2.75) is 76.9 Å². The van der Waals surface area contributed by atoms with Crippen LogP contribution in [0.3, 0.4) is 0 Å². The van der Waals surface area contributed by atoms with Crippen molar-refractivity contribution >= 4 is 27.5 Å². The molecule has 2 amide bonds. The van der Waals surface area contributed by atoms with Gasteiger partial charge in [0.05, 0.1) is 10.6 Å². The number of nitrogens with one attached hydrogen (secondary N) is 1. The first-order chi connectivity index (χ1) is 21.8. The van der Waals surface area contributed by atoms with Gasteiger partial charge in [-0.15, -0.1) is 0 Å². The number of anilines is 1. The largest absolute Gasteiger partial charge is 0.350 e. The van der Waals surface area contributed by atoms with E-state index in [1.807, 2.05) is 94.4 Å². The Labute approximate surface area is 274 Å². The smallest absolute Gasteiger partial charge is 0.264 e. The van der Waals surface area contributed by atoms with E-state index in [2.05, 4.69) is 19.2 Å². The summed E-state index contributed by atoms with van der Waals surface area (Å²) in [4.78, 5) is 30.3. The first kappa shape index (κ1) is 34.4. The van der Waals surface area contributed by atoms with Crippen LogP contribution in [0, 0.1) is 6.92 Å². The van der Waals surface area contributed by atoms with Crippen molar-refractivity contribution in [3.63, 3.8) is 0 Å². The average Bonchev–Trinajstić information content (AvgIpc) is 3.02. The van der Waals surface area contributed by atoms with Crippen molar-refractivity contribution in [1.29, 1.82) is 0 Å². The zero-order chi connectivity index (χ0) is 33.5. The van der Waals surface area contributed by atoms with E-state index in [0.29, 0.717) is 5.69 Å². The predicted octanol–water partition coefficient (Wildman–Crippen LogP) is 6.87. The number of sulfonamides is 1. The van der Waals surface area contributed by atoms with Gasteiger partial charge >= 0.3 is 0 Å². The van der Waals surface area contributed by atoms with Crippen molar-refractivity contribution in [1.82, 2.24) is 10.2 Å². The Bertz CT molecular complexity index is 1720. The number of amides is 2. The molecule has 4 aromatic rings. The summed E-state index contributed by atoms with van der Waals surface area (Å²) in [6, 6.07) is 31.7. The Morgan fingerprint density at radius 2 is 1.35 bits per heavy atom. The number of carbonyl (C=O) groups excluding carboxylic acids is 2. The summed E-state index contributed by atoms with van der Waals surface area (Å²) in [5.74, 6) is -0.544. The Kier molecular flexibility index (Phi) is 11.1. The maximum atomic E-state index is 14.6. The maximum absolute atomic E-state index is 14.6. The van der Waals surface area contributed by atoms with Gasteiger partial charge < -0.3 is 10.2 Å². The molecule has 0 aromatic heterocycles. The summed E-state index contributed by atoms with van der Waals surface area (Å²) in [5.41, 5.74) is 3.59. The molecule has 7 nitrogen and oxygen atoms in total. The minimum atomic E-state index is -4.15. The standard InChI is InChI=1S/C38H45N3O4S/c1-28(2)31-21-23-33(24-22-31)41(46(44,45)34-19-11-8-12-20-34)27-36(42)40(26-32-18-14-13-15-29(32)3)35(37(43)39-38(4,5)6)25-30-16-9-7-10-17-30/h7-24,28,35H,25-27H2,1-6H3,(H,39,43)/t35-/m1/s1. The van der Waals surface area contributed by atoms with E-state index >= 15 is 0 Å². The summed E-state index contributed by atoms with van der Waals surface area (Å²) in [6.45, 7) is 11.4. The first-order valence-corrected chi connectivity index (χ1v) is 17.1. The lowest BCUT2D eigenvalue weighted by Crippen LogP contribution is -2.56. The molecule has 0 aliphatic rings. The van der Waals surface area contributed by atoms with Crippen LogP contribution < -0.4 is 9.62 Å². The monoisotopic (exact) mass is 639 g/mol. The number of carbonyl (C=O) groups is 2. The minimum absolute atomic E-state index is 0.0764. The second-order valence-electron chi connectivity index (χ2n) is 13.0. The highest BCUT2D eigenvalue weighted by atomic mass is 32.2. The lowest BCUT2D eigenvalue weighted by molar-refractivity contribution is -0.140. The van der Waals surface area contributed by atoms with Crippen molar-refractivity contribution in [3.8, 4) is 0 Å². The van der Waals surface area contributed by atoms with E-state index in [1.54, 1.807) is 30.3 Å². The third-order valence-electron chi connectivity index (χ3n) is 7.83. The zero-order valence-electron chi connectivity index (χ0n) is 27.6. The van der Waals surface area contributed by atoms with Crippen molar-refractivity contribution in [2.24, 2.45) is 0 Å². The highest BCUT2D eigenvalue weighted by Gasteiger charge is 2.35. The number of benzene rings is 4. The van der Waals surface area contributed by atoms with E-state index in [9.17, 15) is 18.0 Å². The SMILES string of the molecule is Cc1ccccc1CN(C(=O)CN(c1ccc(C(C)C)cc1)S(=O)(=O)c1ccccc1)[C@H](Cc1ccccc1)C(=O)NC(C)(C)C. The molecule has 0 aliphatic heterocycles. The average molecular weight is 640 g/mol. The lowest BCUT2D eigenvalue weighted by atomic mass is 10.00. The molecule has 0 bridgehead atoms. The number of hydrogen-bond acceptors (Lipinski definition) is 4. The molecule has 0 saturated heterocycles. The number of nitrogens with zero attached hydrogens (tertiary/aromatic N) is 2. The van der Waals surface area contributed by atoms with Gasteiger partial charge in [0.25, 0.3) is 10.0 Å². The van der Waals surface area contributed by atoms with Gasteiger partial charge in [0, 0.05) is 18.5 Å². The number of hydrogen-bond donors (Lipinski definition) is 1. The molecule has 4 aromatic carbocycles. The van der Waals surface area contributed by atoms with Crippen LogP contribution in [0.5, 0.6) is 0 Å². The summed E-state index contributed by atoms with van der Waals surface area (Å²) in [7, 11) is -4.15. The molecule has 0 saturated carbocycles. The van der Waals surface area contributed by atoms with Crippen molar-refractivity contribution < 1.29 is 18.0 Å². The Hall–Kier alpha value is -4.43. The maximum Gasteiger partial charge on any atom is 0.264 e. The van der Waals surface area contributed by atoms with Gasteiger partial charge in [-0.1, -0.05) is 98.8 Å². The van der Waals surface area contributed by atoms with Crippen LogP contribution >= 0.6 is 0 Å². The van der Waals surface area contributed by atoms with E-state index in [-0.39, 0.29) is 29.7 Å². The second kappa shape index (κ2) is 14.8. The van der Waals surface area contributed by atoms with Gasteiger partial charge in [-0.3, -0.25) is 13.9 Å².